The molecule has 1 amide bonds. The number of nitrogens with one attached hydrogen (secondary N) is 1. The van der Waals surface area contributed by atoms with Gasteiger partial charge in [-0.1, -0.05) is 12.8 Å². The van der Waals surface area contributed by atoms with Crippen LogP contribution in [0.15, 0.2) is 12.1 Å². The molecule has 1 aromatic rings. The highest BCUT2D eigenvalue weighted by Gasteiger charge is 2.40. The van der Waals surface area contributed by atoms with E-state index in [4.69, 9.17) is 9.47 Å². The van der Waals surface area contributed by atoms with E-state index < -0.39 is 0 Å². The van der Waals surface area contributed by atoms with Crippen LogP contribution < -0.4 is 14.8 Å². The van der Waals surface area contributed by atoms with Crippen molar-refractivity contribution in [2.75, 3.05) is 20.8 Å². The molecule has 1 N–H and O–H groups in total. The van der Waals surface area contributed by atoms with Crippen molar-refractivity contribution in [1.82, 2.24) is 10.2 Å². The van der Waals surface area contributed by atoms with Crippen LogP contribution in [0, 0.1) is 5.92 Å². The summed E-state index contributed by atoms with van der Waals surface area (Å²) < 4.78 is 10.8. The molecule has 2 fully saturated rings. The van der Waals surface area contributed by atoms with Crippen LogP contribution in [-0.4, -0.2) is 43.7 Å². The maximum atomic E-state index is 13.0. The van der Waals surface area contributed by atoms with Gasteiger partial charge in [-0.05, 0) is 54.9 Å². The summed E-state index contributed by atoms with van der Waals surface area (Å²) in [5.41, 5.74) is 2.43. The van der Waals surface area contributed by atoms with Gasteiger partial charge in [0.25, 0.3) is 0 Å². The summed E-state index contributed by atoms with van der Waals surface area (Å²) in [4.78, 5) is 15.1. The predicted octanol–water partition coefficient (Wildman–Crippen LogP) is 2.93. The van der Waals surface area contributed by atoms with Crippen LogP contribution in [0.3, 0.4) is 0 Å². The molecule has 0 spiro atoms. The van der Waals surface area contributed by atoms with Crippen LogP contribution in [0.25, 0.3) is 0 Å². The lowest BCUT2D eigenvalue weighted by molar-refractivity contribution is -0.134. The van der Waals surface area contributed by atoms with Crippen LogP contribution in [0.1, 0.15) is 43.2 Å². The number of halogens is 1. The molecule has 2 aliphatic heterocycles. The Labute approximate surface area is 161 Å². The highest BCUT2D eigenvalue weighted by molar-refractivity contribution is 5.85. The van der Waals surface area contributed by atoms with E-state index >= 15 is 0 Å². The van der Waals surface area contributed by atoms with E-state index in [9.17, 15) is 4.79 Å². The molecule has 3 unspecified atom stereocenters. The average molecular weight is 381 g/mol. The SMILES string of the molecule is COc1cc2c(cc1OC)CN(C(=O)C1CC3CCCCC3N1)CC2.Cl. The standard InChI is InChI=1S/C20H28N2O3.ClH/c1-24-18-10-13-7-8-22(12-15(13)11-19(18)25-2)20(23)17-9-14-5-3-4-6-16(14)21-17;/h10-11,14,16-17,21H,3-9,12H2,1-2H3;1H. The zero-order chi connectivity index (χ0) is 17.4. The van der Waals surface area contributed by atoms with E-state index in [0.29, 0.717) is 18.5 Å². The van der Waals surface area contributed by atoms with Crippen LogP contribution in [0.4, 0.5) is 0 Å². The molecule has 3 aliphatic rings. The van der Waals surface area contributed by atoms with Crippen molar-refractivity contribution in [2.24, 2.45) is 5.92 Å². The predicted molar refractivity (Wildman–Crippen MR) is 103 cm³/mol. The van der Waals surface area contributed by atoms with Gasteiger partial charge in [-0.2, -0.15) is 0 Å². The Morgan fingerprint density at radius 1 is 1.12 bits per heavy atom. The van der Waals surface area contributed by atoms with Crippen molar-refractivity contribution in [2.45, 2.75) is 57.2 Å². The normalized spacial score (nSPS) is 27.2. The van der Waals surface area contributed by atoms with Crippen molar-refractivity contribution in [3.05, 3.63) is 23.3 Å². The average Bonchev–Trinajstić information content (AvgIpc) is 3.10. The molecule has 1 aliphatic carbocycles. The summed E-state index contributed by atoms with van der Waals surface area (Å²) in [6, 6.07) is 4.65. The molecule has 5 nitrogen and oxygen atoms in total. The highest BCUT2D eigenvalue weighted by atomic mass is 35.5. The second kappa shape index (κ2) is 8.05. The summed E-state index contributed by atoms with van der Waals surface area (Å²) in [6.07, 6.45) is 7.02. The van der Waals surface area contributed by atoms with Gasteiger partial charge in [-0.3, -0.25) is 4.79 Å². The Morgan fingerprint density at radius 3 is 2.50 bits per heavy atom. The number of amides is 1. The highest BCUT2D eigenvalue weighted by Crippen LogP contribution is 2.36. The zero-order valence-corrected chi connectivity index (χ0v) is 16.4. The number of benzene rings is 1. The van der Waals surface area contributed by atoms with Gasteiger partial charge in [-0.25, -0.2) is 0 Å². The van der Waals surface area contributed by atoms with Crippen molar-refractivity contribution < 1.29 is 14.3 Å². The van der Waals surface area contributed by atoms with Crippen LogP contribution >= 0.6 is 12.4 Å². The summed E-state index contributed by atoms with van der Waals surface area (Å²) in [5, 5.41) is 3.62. The molecule has 3 atom stereocenters. The van der Waals surface area contributed by atoms with E-state index in [1.807, 2.05) is 11.0 Å². The Balaban J connectivity index is 0.00000196. The summed E-state index contributed by atoms with van der Waals surface area (Å²) in [6.45, 7) is 1.46. The van der Waals surface area contributed by atoms with Crippen molar-refractivity contribution in [3.63, 3.8) is 0 Å². The molecule has 1 saturated carbocycles. The molecule has 2 heterocycles. The molecular weight excluding hydrogens is 352 g/mol. The Morgan fingerprint density at radius 2 is 1.81 bits per heavy atom. The molecule has 1 aromatic carbocycles. The number of hydrogen-bond donors (Lipinski definition) is 1. The van der Waals surface area contributed by atoms with E-state index in [1.165, 1.54) is 36.8 Å². The minimum absolute atomic E-state index is 0. The fourth-order valence-electron chi connectivity index (χ4n) is 4.80. The number of methoxy groups -OCH3 is 2. The first-order chi connectivity index (χ1) is 12.2. The van der Waals surface area contributed by atoms with E-state index in [1.54, 1.807) is 14.2 Å². The van der Waals surface area contributed by atoms with Gasteiger partial charge in [0.1, 0.15) is 0 Å². The van der Waals surface area contributed by atoms with Crippen molar-refractivity contribution in [1.29, 1.82) is 0 Å². The number of rotatable bonds is 3. The number of fused-ring (bicyclic) bond motifs is 2. The van der Waals surface area contributed by atoms with Gasteiger partial charge >= 0.3 is 0 Å². The van der Waals surface area contributed by atoms with Gasteiger partial charge in [0.2, 0.25) is 5.91 Å². The first kappa shape index (κ1) is 19.3. The third-order valence-electron chi connectivity index (χ3n) is 6.19. The van der Waals surface area contributed by atoms with Crippen LogP contribution in [0.2, 0.25) is 0 Å². The second-order valence-corrected chi connectivity index (χ2v) is 7.59. The van der Waals surface area contributed by atoms with Crippen molar-refractivity contribution in [3.8, 4) is 11.5 Å². The van der Waals surface area contributed by atoms with Gasteiger partial charge in [0.05, 0.1) is 20.3 Å². The third kappa shape index (κ3) is 3.52. The Kier molecular flexibility index (Phi) is 5.98. The minimum atomic E-state index is 0. The summed E-state index contributed by atoms with van der Waals surface area (Å²) >= 11 is 0. The maximum absolute atomic E-state index is 13.0. The Hall–Kier alpha value is -1.46. The smallest absolute Gasteiger partial charge is 0.240 e. The Bertz CT molecular complexity index is 653. The number of hydrogen-bond acceptors (Lipinski definition) is 4. The lowest BCUT2D eigenvalue weighted by atomic mass is 9.85. The van der Waals surface area contributed by atoms with Crippen molar-refractivity contribution >= 4 is 18.3 Å². The number of nitrogens with zero attached hydrogens (tertiary/aromatic N) is 1. The fourth-order valence-corrected chi connectivity index (χ4v) is 4.80. The third-order valence-corrected chi connectivity index (χ3v) is 6.19. The van der Waals surface area contributed by atoms with Gasteiger partial charge in [0, 0.05) is 19.1 Å². The van der Waals surface area contributed by atoms with Crippen LogP contribution in [0.5, 0.6) is 11.5 Å². The molecule has 0 bridgehead atoms. The number of carbonyl (C=O) groups is 1. The van der Waals surface area contributed by atoms with E-state index in [2.05, 4.69) is 11.4 Å². The molecule has 1 saturated heterocycles. The number of carbonyl (C=O) groups excluding carboxylic acids is 1. The number of ether oxygens (including phenoxy) is 2. The molecule has 0 aromatic heterocycles. The van der Waals surface area contributed by atoms with E-state index in [-0.39, 0.29) is 24.4 Å². The lowest BCUT2D eigenvalue weighted by Gasteiger charge is -2.31. The van der Waals surface area contributed by atoms with E-state index in [0.717, 1.165) is 30.9 Å². The molecule has 0 radical (unpaired) electrons. The molecule has 26 heavy (non-hydrogen) atoms. The minimum Gasteiger partial charge on any atom is -0.493 e. The van der Waals surface area contributed by atoms with Gasteiger partial charge < -0.3 is 19.7 Å². The lowest BCUT2D eigenvalue weighted by Crippen LogP contribution is -2.47. The zero-order valence-electron chi connectivity index (χ0n) is 15.6. The largest absolute Gasteiger partial charge is 0.493 e. The summed E-state index contributed by atoms with van der Waals surface area (Å²) in [5.74, 6) is 2.47. The van der Waals surface area contributed by atoms with Gasteiger partial charge in [-0.15, -0.1) is 12.4 Å². The fraction of sp³-hybridized carbons (Fsp3) is 0.650. The maximum Gasteiger partial charge on any atom is 0.240 e. The first-order valence-corrected chi connectivity index (χ1v) is 9.48. The first-order valence-electron chi connectivity index (χ1n) is 9.48. The molecule has 144 valence electrons. The molecular formula is C20H29ClN2O3. The van der Waals surface area contributed by atoms with Gasteiger partial charge in [0.15, 0.2) is 11.5 Å². The molecule has 6 heteroatoms. The monoisotopic (exact) mass is 380 g/mol. The van der Waals surface area contributed by atoms with Crippen LogP contribution in [-0.2, 0) is 17.8 Å². The second-order valence-electron chi connectivity index (χ2n) is 7.59. The molecule has 4 rings (SSSR count). The quantitative estimate of drug-likeness (QED) is 0.875. The summed E-state index contributed by atoms with van der Waals surface area (Å²) in [7, 11) is 3.31. The topological polar surface area (TPSA) is 50.8 Å².